The molecule has 0 saturated heterocycles. The van der Waals surface area contributed by atoms with Crippen LogP contribution < -0.4 is 10.1 Å². The molecule has 2 aliphatic rings. The van der Waals surface area contributed by atoms with Gasteiger partial charge in [0.2, 0.25) is 11.8 Å². The lowest BCUT2D eigenvalue weighted by molar-refractivity contribution is -0.134. The van der Waals surface area contributed by atoms with Crippen LogP contribution in [0.25, 0.3) is 0 Å². The minimum absolute atomic E-state index is 0.0202. The second kappa shape index (κ2) is 11.7. The zero-order valence-electron chi connectivity index (χ0n) is 22.0. The Morgan fingerprint density at radius 1 is 1.16 bits per heavy atom. The third-order valence-electron chi connectivity index (χ3n) is 7.04. The van der Waals surface area contributed by atoms with Crippen LogP contribution in [-0.4, -0.2) is 78.5 Å². The highest BCUT2D eigenvalue weighted by Gasteiger charge is 2.32. The van der Waals surface area contributed by atoms with E-state index in [1.54, 1.807) is 43.5 Å². The van der Waals surface area contributed by atoms with E-state index >= 15 is 0 Å². The molecule has 2 heterocycles. The number of carbonyl (C=O) groups excluding carboxylic acids is 3. The van der Waals surface area contributed by atoms with E-state index in [1.165, 1.54) is 0 Å². The molecule has 9 nitrogen and oxygen atoms in total. The second-order valence-corrected chi connectivity index (χ2v) is 10.1. The van der Waals surface area contributed by atoms with Crippen LogP contribution in [0.5, 0.6) is 5.75 Å². The van der Waals surface area contributed by atoms with Crippen molar-refractivity contribution in [2.24, 2.45) is 11.8 Å². The molecule has 0 unspecified atom stereocenters. The largest absolute Gasteiger partial charge is 0.491 e. The van der Waals surface area contributed by atoms with Gasteiger partial charge in [-0.25, -0.2) is 0 Å². The van der Waals surface area contributed by atoms with E-state index < -0.39 is 0 Å². The molecule has 3 atom stereocenters. The number of ether oxygens (including phenoxy) is 2. The van der Waals surface area contributed by atoms with Crippen molar-refractivity contribution in [1.29, 1.82) is 0 Å². The van der Waals surface area contributed by atoms with Gasteiger partial charge in [0.05, 0.1) is 24.1 Å². The molecule has 1 N–H and O–H groups in total. The predicted octanol–water partition coefficient (Wildman–Crippen LogP) is 3.01. The van der Waals surface area contributed by atoms with Crippen molar-refractivity contribution in [3.63, 3.8) is 0 Å². The molecule has 1 aromatic heterocycles. The third-order valence-corrected chi connectivity index (χ3v) is 7.04. The van der Waals surface area contributed by atoms with E-state index in [2.05, 4.69) is 10.3 Å². The van der Waals surface area contributed by atoms with Crippen molar-refractivity contribution >= 4 is 23.4 Å². The summed E-state index contributed by atoms with van der Waals surface area (Å²) in [7, 11) is 3.35. The van der Waals surface area contributed by atoms with Crippen LogP contribution in [-0.2, 0) is 20.7 Å². The van der Waals surface area contributed by atoms with Crippen molar-refractivity contribution < 1.29 is 23.9 Å². The summed E-state index contributed by atoms with van der Waals surface area (Å²) in [5.41, 5.74) is 1.68. The molecule has 1 fully saturated rings. The summed E-state index contributed by atoms with van der Waals surface area (Å²) in [6.45, 7) is 4.94. The molecule has 3 amide bonds. The number of rotatable bonds is 5. The highest BCUT2D eigenvalue weighted by Crippen LogP contribution is 2.32. The number of pyridine rings is 1. The lowest BCUT2D eigenvalue weighted by atomic mass is 10.0. The first kappa shape index (κ1) is 26.6. The van der Waals surface area contributed by atoms with Crippen LogP contribution in [0.4, 0.5) is 5.69 Å². The maximum absolute atomic E-state index is 13.4. The zero-order valence-corrected chi connectivity index (χ0v) is 22.0. The molecular weight excluding hydrogens is 472 g/mol. The number of benzene rings is 1. The van der Waals surface area contributed by atoms with Gasteiger partial charge in [0.1, 0.15) is 12.4 Å². The Morgan fingerprint density at radius 3 is 2.62 bits per heavy atom. The van der Waals surface area contributed by atoms with E-state index in [0.717, 1.165) is 12.8 Å². The molecule has 37 heavy (non-hydrogen) atoms. The zero-order chi connectivity index (χ0) is 26.5. The molecule has 9 heteroatoms. The number of nitrogens with zero attached hydrogens (tertiary/aromatic N) is 3. The monoisotopic (exact) mass is 508 g/mol. The summed E-state index contributed by atoms with van der Waals surface area (Å²) in [6, 6.07) is 10.3. The van der Waals surface area contributed by atoms with Crippen LogP contribution in [0.15, 0.2) is 42.6 Å². The first-order chi connectivity index (χ1) is 17.8. The number of hydrogen-bond acceptors (Lipinski definition) is 6. The lowest BCUT2D eigenvalue weighted by Crippen LogP contribution is -2.49. The lowest BCUT2D eigenvalue weighted by Gasteiger charge is -2.36. The molecule has 198 valence electrons. The SMILES string of the molecule is CO[C@H]1CN(C)C(=O)c2ccc(NC(=O)C3CC3)cc2OC[C@H](C)N(C(=O)Cc2ccccn2)C[C@H]1C. The van der Waals surface area contributed by atoms with Crippen molar-refractivity contribution in [3.8, 4) is 5.75 Å². The molecule has 1 aliphatic heterocycles. The maximum Gasteiger partial charge on any atom is 0.257 e. The summed E-state index contributed by atoms with van der Waals surface area (Å²) >= 11 is 0. The van der Waals surface area contributed by atoms with Gasteiger partial charge < -0.3 is 24.6 Å². The highest BCUT2D eigenvalue weighted by atomic mass is 16.5. The number of carbonyl (C=O) groups is 3. The van der Waals surface area contributed by atoms with E-state index in [-0.39, 0.29) is 54.7 Å². The Kier molecular flexibility index (Phi) is 8.43. The first-order valence-electron chi connectivity index (χ1n) is 12.8. The van der Waals surface area contributed by atoms with Gasteiger partial charge >= 0.3 is 0 Å². The molecule has 1 saturated carbocycles. The number of nitrogens with one attached hydrogen (secondary N) is 1. The first-order valence-corrected chi connectivity index (χ1v) is 12.8. The van der Waals surface area contributed by atoms with Gasteiger partial charge in [0.25, 0.3) is 5.91 Å². The van der Waals surface area contributed by atoms with E-state index in [1.807, 2.05) is 36.9 Å². The Hall–Kier alpha value is -3.46. The van der Waals surface area contributed by atoms with E-state index in [4.69, 9.17) is 9.47 Å². The van der Waals surface area contributed by atoms with Crippen LogP contribution in [0.2, 0.25) is 0 Å². The molecule has 0 spiro atoms. The van der Waals surface area contributed by atoms with Crippen LogP contribution >= 0.6 is 0 Å². The average molecular weight is 509 g/mol. The molecule has 2 aromatic rings. The summed E-state index contributed by atoms with van der Waals surface area (Å²) in [5, 5.41) is 2.92. The standard InChI is InChI=1S/C28H36N4O5/c1-18-15-32(26(33)14-21-7-5-6-12-29-21)19(2)17-37-24-13-22(30-27(34)20-8-9-20)10-11-23(24)28(35)31(3)16-25(18)36-4/h5-7,10-13,18-20,25H,8-9,14-17H2,1-4H3,(H,30,34)/t18-,19+,25+/m1/s1. The number of amides is 3. The molecular formula is C28H36N4O5. The number of anilines is 1. The Labute approximate surface area is 218 Å². The highest BCUT2D eigenvalue weighted by molar-refractivity contribution is 5.99. The maximum atomic E-state index is 13.4. The van der Waals surface area contributed by atoms with Crippen molar-refractivity contribution in [3.05, 3.63) is 53.9 Å². The molecule has 1 aliphatic carbocycles. The fourth-order valence-electron chi connectivity index (χ4n) is 4.55. The van der Waals surface area contributed by atoms with Gasteiger partial charge in [-0.15, -0.1) is 0 Å². The number of methoxy groups -OCH3 is 1. The number of likely N-dealkylation sites (N-methyl/N-ethyl adjacent to an activating group) is 1. The van der Waals surface area contributed by atoms with Gasteiger partial charge in [-0.3, -0.25) is 19.4 Å². The second-order valence-electron chi connectivity index (χ2n) is 10.1. The van der Waals surface area contributed by atoms with Crippen LogP contribution in [0.1, 0.15) is 42.7 Å². The summed E-state index contributed by atoms with van der Waals surface area (Å²) in [5.74, 6) is 0.130. The van der Waals surface area contributed by atoms with Crippen LogP contribution in [0, 0.1) is 11.8 Å². The topological polar surface area (TPSA) is 101 Å². The van der Waals surface area contributed by atoms with Crippen molar-refractivity contribution in [2.45, 2.75) is 45.3 Å². The molecule has 1 aromatic carbocycles. The van der Waals surface area contributed by atoms with Gasteiger partial charge in [-0.2, -0.15) is 0 Å². The Morgan fingerprint density at radius 2 is 1.95 bits per heavy atom. The summed E-state index contributed by atoms with van der Waals surface area (Å²) in [6.07, 6.45) is 3.39. The van der Waals surface area contributed by atoms with Gasteiger partial charge in [0.15, 0.2) is 0 Å². The predicted molar refractivity (Wildman–Crippen MR) is 139 cm³/mol. The molecule has 0 bridgehead atoms. The number of hydrogen-bond donors (Lipinski definition) is 1. The van der Waals surface area contributed by atoms with Gasteiger partial charge in [-0.1, -0.05) is 13.0 Å². The number of aromatic nitrogens is 1. The smallest absolute Gasteiger partial charge is 0.257 e. The fraction of sp³-hybridized carbons (Fsp3) is 0.500. The molecule has 0 radical (unpaired) electrons. The fourth-order valence-corrected chi connectivity index (χ4v) is 4.55. The minimum Gasteiger partial charge on any atom is -0.491 e. The third kappa shape index (κ3) is 6.65. The normalized spacial score (nSPS) is 22.8. The van der Waals surface area contributed by atoms with Crippen molar-refractivity contribution in [2.75, 3.05) is 39.2 Å². The van der Waals surface area contributed by atoms with Gasteiger partial charge in [-0.05, 0) is 44.0 Å². The van der Waals surface area contributed by atoms with E-state index in [9.17, 15) is 14.4 Å². The van der Waals surface area contributed by atoms with Gasteiger partial charge in [0, 0.05) is 62.7 Å². The van der Waals surface area contributed by atoms with Crippen LogP contribution in [0.3, 0.4) is 0 Å². The summed E-state index contributed by atoms with van der Waals surface area (Å²) < 4.78 is 11.9. The quantitative estimate of drug-likeness (QED) is 0.666. The minimum atomic E-state index is -0.277. The van der Waals surface area contributed by atoms with Crippen molar-refractivity contribution in [1.82, 2.24) is 14.8 Å². The molecule has 4 rings (SSSR count). The average Bonchev–Trinajstić information content (AvgIpc) is 3.74. The van der Waals surface area contributed by atoms with E-state index in [0.29, 0.717) is 35.8 Å². The Balaban J connectivity index is 1.62. The number of fused-ring (bicyclic) bond motifs is 1. The Bertz CT molecular complexity index is 1120. The summed E-state index contributed by atoms with van der Waals surface area (Å²) in [4.78, 5) is 46.8.